The van der Waals surface area contributed by atoms with Crippen LogP contribution in [0.25, 0.3) is 10.9 Å². The second-order valence-electron chi connectivity index (χ2n) is 6.43. The molecule has 1 aromatic carbocycles. The Kier molecular flexibility index (Phi) is 4.27. The van der Waals surface area contributed by atoms with E-state index in [-0.39, 0.29) is 12.0 Å². The largest absolute Gasteiger partial charge is 0.384 e. The molecule has 0 saturated heterocycles. The van der Waals surface area contributed by atoms with E-state index in [0.717, 1.165) is 16.5 Å². The number of aromatic nitrogens is 1. The van der Waals surface area contributed by atoms with Gasteiger partial charge in [0.1, 0.15) is 16.2 Å². The number of rotatable bonds is 4. The van der Waals surface area contributed by atoms with Gasteiger partial charge in [-0.05, 0) is 41.9 Å². The summed E-state index contributed by atoms with van der Waals surface area (Å²) in [5, 5.41) is 5.13. The van der Waals surface area contributed by atoms with Crippen LogP contribution in [0.3, 0.4) is 0 Å². The summed E-state index contributed by atoms with van der Waals surface area (Å²) in [6.45, 7) is 4.32. The smallest absolute Gasteiger partial charge is 0.294 e. The minimum absolute atomic E-state index is 0.00823. The Morgan fingerprint density at radius 3 is 2.88 bits per heavy atom. The SMILES string of the molecule is COC[C@@H]1C(Br)=NO[C@@]12O[C@@H](OC(C)C)c1cc3ccccc3nc12. The molecule has 0 saturated carbocycles. The first-order valence-electron chi connectivity index (χ1n) is 8.19. The van der Waals surface area contributed by atoms with Gasteiger partial charge in [0, 0.05) is 18.1 Å². The number of nitrogens with zero attached hydrogens (tertiary/aromatic N) is 2. The van der Waals surface area contributed by atoms with Crippen molar-refractivity contribution >= 4 is 31.5 Å². The van der Waals surface area contributed by atoms with Crippen LogP contribution in [-0.2, 0) is 24.8 Å². The number of hydrogen-bond donors (Lipinski definition) is 0. The number of ether oxygens (including phenoxy) is 3. The maximum Gasteiger partial charge on any atom is 0.294 e. The van der Waals surface area contributed by atoms with E-state index in [9.17, 15) is 0 Å². The summed E-state index contributed by atoms with van der Waals surface area (Å²) in [5.41, 5.74) is 2.43. The summed E-state index contributed by atoms with van der Waals surface area (Å²) in [6, 6.07) is 9.99. The molecule has 3 atom stereocenters. The first-order valence-corrected chi connectivity index (χ1v) is 8.98. The zero-order valence-electron chi connectivity index (χ0n) is 14.2. The fourth-order valence-electron chi connectivity index (χ4n) is 3.27. The Hall–Kier alpha value is -1.54. The van der Waals surface area contributed by atoms with Crippen LogP contribution < -0.4 is 0 Å². The van der Waals surface area contributed by atoms with E-state index in [4.69, 9.17) is 24.0 Å². The van der Waals surface area contributed by atoms with Crippen molar-refractivity contribution in [1.82, 2.24) is 4.98 Å². The zero-order valence-corrected chi connectivity index (χ0v) is 15.8. The molecule has 0 unspecified atom stereocenters. The van der Waals surface area contributed by atoms with Crippen LogP contribution in [0.1, 0.15) is 31.4 Å². The summed E-state index contributed by atoms with van der Waals surface area (Å²) in [7, 11) is 1.64. The van der Waals surface area contributed by atoms with Crippen molar-refractivity contribution < 1.29 is 19.0 Å². The quantitative estimate of drug-likeness (QED) is 0.771. The van der Waals surface area contributed by atoms with E-state index in [1.165, 1.54) is 0 Å². The number of methoxy groups -OCH3 is 1. The summed E-state index contributed by atoms with van der Waals surface area (Å²) < 4.78 is 18.3. The van der Waals surface area contributed by atoms with Gasteiger partial charge in [0.25, 0.3) is 5.79 Å². The number of benzene rings is 1. The minimum Gasteiger partial charge on any atom is -0.384 e. The topological polar surface area (TPSA) is 62.2 Å². The highest BCUT2D eigenvalue weighted by Crippen LogP contribution is 2.52. The second kappa shape index (κ2) is 6.32. The molecule has 0 N–H and O–H groups in total. The fourth-order valence-corrected chi connectivity index (χ4v) is 3.78. The molecule has 2 aliphatic rings. The lowest BCUT2D eigenvalue weighted by atomic mass is 9.95. The van der Waals surface area contributed by atoms with Crippen LogP contribution in [0, 0.1) is 5.92 Å². The lowest BCUT2D eigenvalue weighted by Crippen LogP contribution is -2.39. The van der Waals surface area contributed by atoms with Crippen LogP contribution >= 0.6 is 15.9 Å². The number of para-hydroxylation sites is 1. The first-order chi connectivity index (χ1) is 12.0. The van der Waals surface area contributed by atoms with Gasteiger partial charge < -0.3 is 14.3 Å². The molecule has 2 aliphatic heterocycles. The molecule has 4 rings (SSSR count). The summed E-state index contributed by atoms with van der Waals surface area (Å²) in [5.74, 6) is -1.40. The van der Waals surface area contributed by atoms with Crippen molar-refractivity contribution in [2.45, 2.75) is 32.0 Å². The molecule has 1 spiro atoms. The molecule has 2 aromatic rings. The highest BCUT2D eigenvalue weighted by Gasteiger charge is 2.60. The number of halogens is 1. The summed E-state index contributed by atoms with van der Waals surface area (Å²) in [4.78, 5) is 10.6. The van der Waals surface area contributed by atoms with Gasteiger partial charge in [-0.1, -0.05) is 23.4 Å². The molecular weight excluding hydrogens is 388 g/mol. The van der Waals surface area contributed by atoms with E-state index in [0.29, 0.717) is 16.9 Å². The van der Waals surface area contributed by atoms with E-state index in [1.807, 2.05) is 38.1 Å². The molecule has 0 bridgehead atoms. The van der Waals surface area contributed by atoms with E-state index in [1.54, 1.807) is 7.11 Å². The fraction of sp³-hybridized carbons (Fsp3) is 0.444. The monoisotopic (exact) mass is 406 g/mol. The Morgan fingerprint density at radius 2 is 2.12 bits per heavy atom. The third-order valence-corrected chi connectivity index (χ3v) is 5.06. The average Bonchev–Trinajstić information content (AvgIpc) is 3.06. The molecule has 132 valence electrons. The van der Waals surface area contributed by atoms with E-state index in [2.05, 4.69) is 27.2 Å². The molecule has 0 aliphatic carbocycles. The Balaban J connectivity index is 1.88. The molecule has 0 fully saturated rings. The lowest BCUT2D eigenvalue weighted by molar-refractivity contribution is -0.317. The summed E-state index contributed by atoms with van der Waals surface area (Å²) in [6.07, 6.45) is -0.578. The van der Waals surface area contributed by atoms with Crippen molar-refractivity contribution in [3.05, 3.63) is 41.6 Å². The third kappa shape index (κ3) is 2.66. The zero-order chi connectivity index (χ0) is 17.6. The highest BCUT2D eigenvalue weighted by atomic mass is 79.9. The number of pyridine rings is 1. The van der Waals surface area contributed by atoms with E-state index < -0.39 is 12.1 Å². The van der Waals surface area contributed by atoms with Gasteiger partial charge in [-0.25, -0.2) is 4.98 Å². The highest BCUT2D eigenvalue weighted by molar-refractivity contribution is 9.18. The van der Waals surface area contributed by atoms with Gasteiger partial charge >= 0.3 is 0 Å². The standard InChI is InChI=1S/C18H19BrN2O4/c1-10(2)23-17-12-8-11-6-4-5-7-14(11)20-15(12)18(24-17)13(9-22-3)16(19)21-25-18/h4-8,10,13,17H,9H2,1-3H3/t13-,17-,18+/m1/s1. The van der Waals surface area contributed by atoms with Crippen LogP contribution in [-0.4, -0.2) is 29.4 Å². The van der Waals surface area contributed by atoms with Gasteiger partial charge in [-0.15, -0.1) is 0 Å². The van der Waals surface area contributed by atoms with Crippen molar-refractivity contribution in [1.29, 1.82) is 0 Å². The Morgan fingerprint density at radius 1 is 1.32 bits per heavy atom. The molecule has 6 nitrogen and oxygen atoms in total. The summed E-state index contributed by atoms with van der Waals surface area (Å²) >= 11 is 3.46. The number of oxime groups is 1. The lowest BCUT2D eigenvalue weighted by Gasteiger charge is -2.28. The number of hydrogen-bond acceptors (Lipinski definition) is 6. The Labute approximate surface area is 154 Å². The van der Waals surface area contributed by atoms with Gasteiger partial charge in [0.05, 0.1) is 18.2 Å². The van der Waals surface area contributed by atoms with Crippen LogP contribution in [0.4, 0.5) is 0 Å². The molecule has 7 heteroatoms. The first kappa shape index (κ1) is 16.9. The predicted octanol–water partition coefficient (Wildman–Crippen LogP) is 3.84. The molecular formula is C18H19BrN2O4. The van der Waals surface area contributed by atoms with Crippen LogP contribution in [0.5, 0.6) is 0 Å². The maximum absolute atomic E-state index is 6.27. The predicted molar refractivity (Wildman–Crippen MR) is 96.3 cm³/mol. The normalized spacial score (nSPS) is 27.8. The van der Waals surface area contributed by atoms with Gasteiger partial charge in [-0.2, -0.15) is 0 Å². The van der Waals surface area contributed by atoms with E-state index >= 15 is 0 Å². The van der Waals surface area contributed by atoms with Crippen molar-refractivity contribution in [2.24, 2.45) is 11.1 Å². The molecule has 0 radical (unpaired) electrons. The molecule has 3 heterocycles. The van der Waals surface area contributed by atoms with Crippen LogP contribution in [0.15, 0.2) is 35.5 Å². The Bertz CT molecular complexity index is 841. The van der Waals surface area contributed by atoms with Gasteiger partial charge in [-0.3, -0.25) is 4.74 Å². The molecule has 1 aromatic heterocycles. The minimum atomic E-state index is -1.15. The third-order valence-electron chi connectivity index (χ3n) is 4.36. The average molecular weight is 407 g/mol. The van der Waals surface area contributed by atoms with Gasteiger partial charge in [0.2, 0.25) is 0 Å². The van der Waals surface area contributed by atoms with Crippen molar-refractivity contribution in [3.8, 4) is 0 Å². The molecule has 25 heavy (non-hydrogen) atoms. The molecule has 0 amide bonds. The second-order valence-corrected chi connectivity index (χ2v) is 7.25. The van der Waals surface area contributed by atoms with Crippen molar-refractivity contribution in [3.63, 3.8) is 0 Å². The maximum atomic E-state index is 6.27. The van der Waals surface area contributed by atoms with Crippen LogP contribution in [0.2, 0.25) is 0 Å². The van der Waals surface area contributed by atoms with Gasteiger partial charge in [0.15, 0.2) is 6.29 Å². The number of fused-ring (bicyclic) bond motifs is 3. The van der Waals surface area contributed by atoms with Crippen molar-refractivity contribution in [2.75, 3.05) is 13.7 Å².